The Morgan fingerprint density at radius 3 is 3.09 bits per heavy atom. The SMILES string of the molecule is CC(C)=CCO[C@H]1CCOC[C@H]1NC(=O)c1cncc(F)c1. The molecule has 0 radical (unpaired) electrons. The Kier molecular flexibility index (Phi) is 6.03. The maximum atomic E-state index is 13.1. The lowest BCUT2D eigenvalue weighted by atomic mass is 10.1. The average Bonchev–Trinajstić information content (AvgIpc) is 2.48. The fourth-order valence-corrected chi connectivity index (χ4v) is 2.18. The van der Waals surface area contributed by atoms with E-state index in [1.54, 1.807) is 0 Å². The predicted octanol–water partition coefficient (Wildman–Crippen LogP) is 2.09. The Bertz CT molecular complexity index is 544. The number of carbonyl (C=O) groups excluding carboxylic acids is 1. The van der Waals surface area contributed by atoms with E-state index >= 15 is 0 Å². The normalized spacial score (nSPS) is 21.2. The molecule has 1 fully saturated rings. The first-order chi connectivity index (χ1) is 10.6. The molecule has 1 aliphatic heterocycles. The third kappa shape index (κ3) is 4.89. The fourth-order valence-electron chi connectivity index (χ4n) is 2.18. The molecule has 120 valence electrons. The van der Waals surface area contributed by atoms with Crippen LogP contribution < -0.4 is 5.32 Å². The van der Waals surface area contributed by atoms with Gasteiger partial charge in [-0.05, 0) is 26.3 Å². The fraction of sp³-hybridized carbons (Fsp3) is 0.500. The van der Waals surface area contributed by atoms with E-state index in [1.807, 2.05) is 19.9 Å². The molecule has 0 saturated carbocycles. The summed E-state index contributed by atoms with van der Waals surface area (Å²) in [5.41, 5.74) is 1.37. The number of hydrogen-bond donors (Lipinski definition) is 1. The van der Waals surface area contributed by atoms with E-state index in [1.165, 1.54) is 11.8 Å². The van der Waals surface area contributed by atoms with Gasteiger partial charge < -0.3 is 14.8 Å². The number of amides is 1. The number of pyridine rings is 1. The van der Waals surface area contributed by atoms with E-state index < -0.39 is 5.82 Å². The summed E-state index contributed by atoms with van der Waals surface area (Å²) in [4.78, 5) is 15.8. The zero-order valence-corrected chi connectivity index (χ0v) is 12.8. The molecular weight excluding hydrogens is 287 g/mol. The minimum atomic E-state index is -0.538. The van der Waals surface area contributed by atoms with Gasteiger partial charge in [-0.15, -0.1) is 0 Å². The van der Waals surface area contributed by atoms with Crippen LogP contribution in [-0.2, 0) is 9.47 Å². The largest absolute Gasteiger partial charge is 0.379 e. The van der Waals surface area contributed by atoms with Crippen molar-refractivity contribution in [3.63, 3.8) is 0 Å². The maximum Gasteiger partial charge on any atom is 0.253 e. The summed E-state index contributed by atoms with van der Waals surface area (Å²) < 4.78 is 24.3. The summed E-state index contributed by atoms with van der Waals surface area (Å²) in [6.45, 7) is 5.50. The van der Waals surface area contributed by atoms with Gasteiger partial charge >= 0.3 is 0 Å². The zero-order valence-electron chi connectivity index (χ0n) is 12.8. The molecule has 0 unspecified atom stereocenters. The highest BCUT2D eigenvalue weighted by Crippen LogP contribution is 2.13. The Balaban J connectivity index is 1.96. The molecule has 1 aromatic rings. The van der Waals surface area contributed by atoms with Crippen molar-refractivity contribution in [3.8, 4) is 0 Å². The molecule has 1 amide bonds. The molecule has 0 bridgehead atoms. The van der Waals surface area contributed by atoms with E-state index in [2.05, 4.69) is 10.3 Å². The van der Waals surface area contributed by atoms with Crippen LogP contribution in [0.5, 0.6) is 0 Å². The third-order valence-electron chi connectivity index (χ3n) is 3.38. The second-order valence-electron chi connectivity index (χ2n) is 5.49. The molecule has 2 rings (SSSR count). The number of rotatable bonds is 5. The molecule has 1 saturated heterocycles. The van der Waals surface area contributed by atoms with E-state index in [9.17, 15) is 9.18 Å². The number of nitrogens with one attached hydrogen (secondary N) is 1. The van der Waals surface area contributed by atoms with Crippen molar-refractivity contribution in [3.05, 3.63) is 41.5 Å². The van der Waals surface area contributed by atoms with Crippen molar-refractivity contribution >= 4 is 5.91 Å². The highest BCUT2D eigenvalue weighted by molar-refractivity contribution is 5.94. The van der Waals surface area contributed by atoms with Crippen molar-refractivity contribution in [2.75, 3.05) is 19.8 Å². The molecule has 0 aliphatic carbocycles. The Labute approximate surface area is 129 Å². The van der Waals surface area contributed by atoms with Crippen molar-refractivity contribution in [1.82, 2.24) is 10.3 Å². The molecule has 2 atom stereocenters. The van der Waals surface area contributed by atoms with Gasteiger partial charge in [-0.3, -0.25) is 9.78 Å². The minimum Gasteiger partial charge on any atom is -0.379 e. The summed E-state index contributed by atoms with van der Waals surface area (Å²) in [7, 11) is 0. The van der Waals surface area contributed by atoms with Gasteiger partial charge in [-0.25, -0.2) is 4.39 Å². The van der Waals surface area contributed by atoms with Gasteiger partial charge in [0.25, 0.3) is 5.91 Å². The number of allylic oxidation sites excluding steroid dienone is 1. The lowest BCUT2D eigenvalue weighted by Gasteiger charge is -2.31. The quantitative estimate of drug-likeness (QED) is 0.846. The smallest absolute Gasteiger partial charge is 0.253 e. The zero-order chi connectivity index (χ0) is 15.9. The Hall–Kier alpha value is -1.79. The summed E-state index contributed by atoms with van der Waals surface area (Å²) >= 11 is 0. The standard InChI is InChI=1S/C16H21FN2O3/c1-11(2)3-6-22-15-4-5-21-10-14(15)19-16(20)12-7-13(17)9-18-8-12/h3,7-9,14-15H,4-6,10H2,1-2H3,(H,19,20)/t14-,15+/m1/s1. The number of carbonyl (C=O) groups is 1. The molecule has 1 aromatic heterocycles. The van der Waals surface area contributed by atoms with Gasteiger partial charge in [0.1, 0.15) is 5.82 Å². The van der Waals surface area contributed by atoms with Crippen LogP contribution in [0.3, 0.4) is 0 Å². The van der Waals surface area contributed by atoms with Gasteiger partial charge in [0, 0.05) is 12.8 Å². The number of ether oxygens (including phenoxy) is 2. The van der Waals surface area contributed by atoms with Gasteiger partial charge in [0.05, 0.1) is 37.1 Å². The van der Waals surface area contributed by atoms with Crippen molar-refractivity contribution in [2.24, 2.45) is 0 Å². The average molecular weight is 308 g/mol. The van der Waals surface area contributed by atoms with Crippen LogP contribution in [0.15, 0.2) is 30.1 Å². The van der Waals surface area contributed by atoms with Crippen molar-refractivity contribution in [2.45, 2.75) is 32.4 Å². The van der Waals surface area contributed by atoms with Gasteiger partial charge in [0.15, 0.2) is 0 Å². The molecule has 2 heterocycles. The number of aromatic nitrogens is 1. The minimum absolute atomic E-state index is 0.116. The second kappa shape index (κ2) is 8.00. The van der Waals surface area contributed by atoms with E-state index in [0.29, 0.717) is 26.2 Å². The van der Waals surface area contributed by atoms with Crippen LogP contribution in [-0.4, -0.2) is 42.9 Å². The maximum absolute atomic E-state index is 13.1. The van der Waals surface area contributed by atoms with Crippen LogP contribution in [0.1, 0.15) is 30.6 Å². The molecular formula is C16H21FN2O3. The molecule has 6 heteroatoms. The van der Waals surface area contributed by atoms with E-state index in [4.69, 9.17) is 9.47 Å². The van der Waals surface area contributed by atoms with Crippen LogP contribution in [0.25, 0.3) is 0 Å². The number of hydrogen-bond acceptors (Lipinski definition) is 4. The first-order valence-corrected chi connectivity index (χ1v) is 7.30. The highest BCUT2D eigenvalue weighted by Gasteiger charge is 2.28. The predicted molar refractivity (Wildman–Crippen MR) is 80.1 cm³/mol. The van der Waals surface area contributed by atoms with Crippen molar-refractivity contribution < 1.29 is 18.7 Å². The second-order valence-corrected chi connectivity index (χ2v) is 5.49. The van der Waals surface area contributed by atoms with Crippen LogP contribution >= 0.6 is 0 Å². The molecule has 1 N–H and O–H groups in total. The third-order valence-corrected chi connectivity index (χ3v) is 3.38. The molecule has 0 aromatic carbocycles. The topological polar surface area (TPSA) is 60.5 Å². The van der Waals surface area contributed by atoms with Crippen LogP contribution in [0, 0.1) is 5.82 Å². The van der Waals surface area contributed by atoms with Gasteiger partial charge in [0.2, 0.25) is 0 Å². The lowest BCUT2D eigenvalue weighted by Crippen LogP contribution is -2.50. The summed E-state index contributed by atoms with van der Waals surface area (Å²) in [5, 5.41) is 2.83. The number of nitrogens with zero attached hydrogens (tertiary/aromatic N) is 1. The van der Waals surface area contributed by atoms with Crippen LogP contribution in [0.4, 0.5) is 4.39 Å². The first-order valence-electron chi connectivity index (χ1n) is 7.30. The Morgan fingerprint density at radius 2 is 2.36 bits per heavy atom. The Morgan fingerprint density at radius 1 is 1.55 bits per heavy atom. The van der Waals surface area contributed by atoms with E-state index in [0.717, 1.165) is 12.3 Å². The molecule has 0 spiro atoms. The van der Waals surface area contributed by atoms with Gasteiger partial charge in [-0.2, -0.15) is 0 Å². The lowest BCUT2D eigenvalue weighted by molar-refractivity contribution is -0.0457. The van der Waals surface area contributed by atoms with Gasteiger partial charge in [-0.1, -0.05) is 11.6 Å². The monoisotopic (exact) mass is 308 g/mol. The number of halogens is 1. The first kappa shape index (κ1) is 16.6. The van der Waals surface area contributed by atoms with E-state index in [-0.39, 0.29) is 23.6 Å². The molecule has 5 nitrogen and oxygen atoms in total. The molecule has 1 aliphatic rings. The summed E-state index contributed by atoms with van der Waals surface area (Å²) in [6, 6.07) is 0.903. The summed E-state index contributed by atoms with van der Waals surface area (Å²) in [5.74, 6) is -0.915. The van der Waals surface area contributed by atoms with Crippen molar-refractivity contribution in [1.29, 1.82) is 0 Å². The highest BCUT2D eigenvalue weighted by atomic mass is 19.1. The van der Waals surface area contributed by atoms with Crippen LogP contribution in [0.2, 0.25) is 0 Å². The summed E-state index contributed by atoms with van der Waals surface area (Å²) in [6.07, 6.45) is 4.98. The molecule has 22 heavy (non-hydrogen) atoms.